The lowest BCUT2D eigenvalue weighted by molar-refractivity contribution is 0.351. The van der Waals surface area contributed by atoms with Gasteiger partial charge in [0.05, 0.1) is 0 Å². The molecule has 1 rings (SSSR count). The van der Waals surface area contributed by atoms with Gasteiger partial charge in [-0.15, -0.1) is 0 Å². The van der Waals surface area contributed by atoms with Crippen molar-refractivity contribution in [3.63, 3.8) is 0 Å². The monoisotopic (exact) mass is 240 g/mol. The third-order valence-corrected chi connectivity index (χ3v) is 2.23. The molecule has 0 radical (unpaired) electrons. The number of benzene rings is 1. The van der Waals surface area contributed by atoms with Crippen LogP contribution in [0.15, 0.2) is 0 Å². The smallest absolute Gasteiger partial charge is 0.203 e. The van der Waals surface area contributed by atoms with Crippen molar-refractivity contribution in [1.82, 2.24) is 0 Å². The van der Waals surface area contributed by atoms with Gasteiger partial charge in [0.2, 0.25) is 11.6 Å². The highest BCUT2D eigenvalue weighted by atomic mass is 32.1. The van der Waals surface area contributed by atoms with E-state index in [0.717, 1.165) is 0 Å². The van der Waals surface area contributed by atoms with E-state index in [2.05, 4.69) is 12.6 Å². The third kappa shape index (κ3) is 2.19. The number of phenols is 1. The molecule has 1 aromatic carbocycles. The molecule has 0 aliphatic rings. The molecule has 1 N–H and O–H groups in total. The first-order valence-corrected chi connectivity index (χ1v) is 4.78. The van der Waals surface area contributed by atoms with Crippen molar-refractivity contribution in [1.29, 1.82) is 0 Å². The van der Waals surface area contributed by atoms with Gasteiger partial charge < -0.3 is 5.11 Å². The Kier molecular flexibility index (Phi) is 3.84. The van der Waals surface area contributed by atoms with Gasteiger partial charge in [-0.05, 0) is 18.6 Å². The summed E-state index contributed by atoms with van der Waals surface area (Å²) in [5.41, 5.74) is -0.697. The molecule has 0 aliphatic carbocycles. The molecule has 0 atom stereocenters. The molecule has 0 saturated heterocycles. The van der Waals surface area contributed by atoms with E-state index >= 15 is 0 Å². The summed E-state index contributed by atoms with van der Waals surface area (Å²) < 4.78 is 51.7. The number of halogens is 4. The Morgan fingerprint density at radius 1 is 0.933 bits per heavy atom. The molecule has 0 aliphatic heterocycles. The number of rotatable bonds is 3. The van der Waals surface area contributed by atoms with Crippen molar-refractivity contribution in [2.75, 3.05) is 5.75 Å². The van der Waals surface area contributed by atoms with Gasteiger partial charge in [-0.2, -0.15) is 21.4 Å². The van der Waals surface area contributed by atoms with Gasteiger partial charge in [-0.1, -0.05) is 0 Å². The topological polar surface area (TPSA) is 20.2 Å². The van der Waals surface area contributed by atoms with E-state index < -0.39 is 34.6 Å². The van der Waals surface area contributed by atoms with Crippen LogP contribution in [0.2, 0.25) is 0 Å². The standard InChI is InChI=1S/C9H8F4OS/c10-5-4(2-1-3-15)6(11)8(13)9(14)7(5)12/h14-15H,1-3H2. The fraction of sp³-hybridized carbons (Fsp3) is 0.333. The second kappa shape index (κ2) is 4.74. The Hall–Kier alpha value is -0.910. The summed E-state index contributed by atoms with van der Waals surface area (Å²) in [7, 11) is 0. The minimum atomic E-state index is -1.76. The van der Waals surface area contributed by atoms with Crippen LogP contribution in [0, 0.1) is 23.3 Å². The zero-order chi connectivity index (χ0) is 11.6. The van der Waals surface area contributed by atoms with Crippen LogP contribution in [0.5, 0.6) is 5.75 Å². The maximum absolute atomic E-state index is 13.1. The summed E-state index contributed by atoms with van der Waals surface area (Å²) in [5.74, 6) is -7.91. The summed E-state index contributed by atoms with van der Waals surface area (Å²) in [6.45, 7) is 0. The Bertz CT molecular complexity index is 352. The maximum Gasteiger partial charge on any atom is 0.203 e. The first kappa shape index (κ1) is 12.2. The van der Waals surface area contributed by atoms with E-state index in [9.17, 15) is 17.6 Å². The molecule has 0 unspecified atom stereocenters. The van der Waals surface area contributed by atoms with Crippen LogP contribution in [0.25, 0.3) is 0 Å². The number of phenolic OH excluding ortho intramolecular Hbond substituents is 1. The molecule has 0 saturated carbocycles. The summed E-state index contributed by atoms with van der Waals surface area (Å²) >= 11 is 3.81. The van der Waals surface area contributed by atoms with Crippen LogP contribution >= 0.6 is 12.6 Å². The zero-order valence-corrected chi connectivity index (χ0v) is 8.42. The second-order valence-electron chi connectivity index (χ2n) is 2.91. The number of thiol groups is 1. The predicted octanol–water partition coefficient (Wildman–Crippen LogP) is 2.81. The SMILES string of the molecule is Oc1c(F)c(F)c(CCCS)c(F)c1F. The Morgan fingerprint density at radius 2 is 1.40 bits per heavy atom. The Labute approximate surface area is 89.1 Å². The van der Waals surface area contributed by atoms with E-state index in [1.807, 2.05) is 0 Å². The molecule has 0 fully saturated rings. The highest BCUT2D eigenvalue weighted by Crippen LogP contribution is 2.29. The Morgan fingerprint density at radius 3 is 1.80 bits per heavy atom. The minimum Gasteiger partial charge on any atom is -0.503 e. The minimum absolute atomic E-state index is 0.171. The Balaban J connectivity index is 3.26. The van der Waals surface area contributed by atoms with Gasteiger partial charge >= 0.3 is 0 Å². The van der Waals surface area contributed by atoms with Crippen LogP contribution in [0.1, 0.15) is 12.0 Å². The van der Waals surface area contributed by atoms with Crippen LogP contribution in [-0.2, 0) is 6.42 Å². The quantitative estimate of drug-likeness (QED) is 0.473. The normalized spacial score (nSPS) is 10.7. The second-order valence-corrected chi connectivity index (χ2v) is 3.36. The molecular weight excluding hydrogens is 232 g/mol. The highest BCUT2D eigenvalue weighted by Gasteiger charge is 2.24. The highest BCUT2D eigenvalue weighted by molar-refractivity contribution is 7.80. The predicted molar refractivity (Wildman–Crippen MR) is 50.1 cm³/mol. The molecule has 15 heavy (non-hydrogen) atoms. The molecule has 0 heterocycles. The number of hydrogen-bond acceptors (Lipinski definition) is 2. The summed E-state index contributed by atoms with van der Waals surface area (Å²) in [6, 6.07) is 0. The third-order valence-electron chi connectivity index (χ3n) is 1.92. The lowest BCUT2D eigenvalue weighted by Crippen LogP contribution is -2.04. The van der Waals surface area contributed by atoms with Gasteiger partial charge in [-0.25, -0.2) is 8.78 Å². The van der Waals surface area contributed by atoms with Gasteiger partial charge in [0, 0.05) is 5.56 Å². The lowest BCUT2D eigenvalue weighted by atomic mass is 10.1. The van der Waals surface area contributed by atoms with Gasteiger partial charge in [0.15, 0.2) is 17.4 Å². The molecule has 84 valence electrons. The van der Waals surface area contributed by atoms with Crippen molar-refractivity contribution < 1.29 is 22.7 Å². The molecule has 1 aromatic rings. The van der Waals surface area contributed by atoms with Crippen LogP contribution in [-0.4, -0.2) is 10.9 Å². The molecule has 1 nitrogen and oxygen atoms in total. The average Bonchev–Trinajstić information content (AvgIpc) is 2.24. The fourth-order valence-corrected chi connectivity index (χ4v) is 1.30. The van der Waals surface area contributed by atoms with Crippen LogP contribution < -0.4 is 0 Å². The van der Waals surface area contributed by atoms with E-state index in [1.165, 1.54) is 0 Å². The molecule has 0 spiro atoms. The zero-order valence-electron chi connectivity index (χ0n) is 7.53. The van der Waals surface area contributed by atoms with Crippen molar-refractivity contribution in [3.05, 3.63) is 28.8 Å². The first-order valence-electron chi connectivity index (χ1n) is 4.15. The maximum atomic E-state index is 13.1. The van der Waals surface area contributed by atoms with Crippen molar-refractivity contribution in [3.8, 4) is 5.75 Å². The van der Waals surface area contributed by atoms with Crippen LogP contribution in [0.4, 0.5) is 17.6 Å². The van der Waals surface area contributed by atoms with Crippen LogP contribution in [0.3, 0.4) is 0 Å². The summed E-state index contributed by atoms with van der Waals surface area (Å²) in [6.07, 6.45) is 0.107. The molecule has 0 bridgehead atoms. The molecular formula is C9H8F4OS. The molecule has 0 amide bonds. The summed E-state index contributed by atoms with van der Waals surface area (Å²) in [5, 5.41) is 8.67. The average molecular weight is 240 g/mol. The fourth-order valence-electron chi connectivity index (χ4n) is 1.14. The molecule has 6 heteroatoms. The van der Waals surface area contributed by atoms with Crippen molar-refractivity contribution >= 4 is 12.6 Å². The number of aromatic hydroxyl groups is 1. The van der Waals surface area contributed by atoms with E-state index in [-0.39, 0.29) is 12.8 Å². The van der Waals surface area contributed by atoms with E-state index in [0.29, 0.717) is 5.75 Å². The van der Waals surface area contributed by atoms with Gasteiger partial charge in [0.1, 0.15) is 0 Å². The van der Waals surface area contributed by atoms with Gasteiger partial charge in [0.25, 0.3) is 0 Å². The molecule has 0 aromatic heterocycles. The van der Waals surface area contributed by atoms with Crippen molar-refractivity contribution in [2.24, 2.45) is 0 Å². The number of hydrogen-bond donors (Lipinski definition) is 2. The lowest BCUT2D eigenvalue weighted by Gasteiger charge is -2.07. The summed E-state index contributed by atoms with van der Waals surface area (Å²) in [4.78, 5) is 0. The largest absolute Gasteiger partial charge is 0.503 e. The van der Waals surface area contributed by atoms with E-state index in [1.54, 1.807) is 0 Å². The van der Waals surface area contributed by atoms with Gasteiger partial charge in [-0.3, -0.25) is 0 Å². The van der Waals surface area contributed by atoms with Crippen molar-refractivity contribution in [2.45, 2.75) is 12.8 Å². The first-order chi connectivity index (χ1) is 7.00. The van der Waals surface area contributed by atoms with E-state index in [4.69, 9.17) is 5.11 Å².